The number of benzene rings is 2. The molecule has 39 heavy (non-hydrogen) atoms. The second-order valence-electron chi connectivity index (χ2n) is 10.4. The van der Waals surface area contributed by atoms with Crippen LogP contribution in [0.2, 0.25) is 0 Å². The molecular weight excluding hydrogens is 538 g/mol. The van der Waals surface area contributed by atoms with Gasteiger partial charge in [0.25, 0.3) is 5.69 Å². The number of hydrogen-bond acceptors (Lipinski definition) is 8. The van der Waals surface area contributed by atoms with Crippen molar-refractivity contribution in [3.05, 3.63) is 86.4 Å². The van der Waals surface area contributed by atoms with Crippen LogP contribution in [0.25, 0.3) is 0 Å². The molecule has 0 aliphatic carbocycles. The molecule has 2 N–H and O–H groups in total. The number of amides is 1. The number of non-ortho nitro benzene ring substituents is 1. The monoisotopic (exact) mass is 569 g/mol. The highest BCUT2D eigenvalue weighted by molar-refractivity contribution is 8.05. The van der Waals surface area contributed by atoms with E-state index in [1.54, 1.807) is 12.1 Å². The third kappa shape index (κ3) is 5.02. The molecule has 2 aromatic rings. The van der Waals surface area contributed by atoms with Gasteiger partial charge in [0.2, 0.25) is 11.0 Å². The summed E-state index contributed by atoms with van der Waals surface area (Å²) in [5, 5.41) is 32.2. The average molecular weight is 570 g/mol. The van der Waals surface area contributed by atoms with Crippen LogP contribution >= 0.6 is 24.4 Å². The van der Waals surface area contributed by atoms with E-state index in [4.69, 9.17) is 0 Å². The summed E-state index contributed by atoms with van der Waals surface area (Å²) < 4.78 is 0. The zero-order chi connectivity index (χ0) is 27.9. The van der Waals surface area contributed by atoms with Gasteiger partial charge in [0.05, 0.1) is 23.0 Å². The first-order valence-electron chi connectivity index (χ1n) is 13.0. The van der Waals surface area contributed by atoms with Crippen molar-refractivity contribution in [2.75, 3.05) is 19.6 Å². The lowest BCUT2D eigenvalue weighted by Crippen LogP contribution is -2.71. The summed E-state index contributed by atoms with van der Waals surface area (Å²) in [5.74, 6) is -1.06. The SMILES string of the molecule is CC[C@H](O)[C@@H]1C(=O)N2C(C(=O)S)=C(C3CCN(C[C@H](O)c4ccccc4)C3)S[C@]12Cc1ccc([N+](=O)[O-])cc1. The lowest BCUT2D eigenvalue weighted by Gasteiger charge is -2.55. The van der Waals surface area contributed by atoms with E-state index in [-0.39, 0.29) is 23.2 Å². The molecule has 0 aromatic heterocycles. The molecular formula is C28H31N3O6S2. The Bertz CT molecular complexity index is 1300. The van der Waals surface area contributed by atoms with E-state index in [0.717, 1.165) is 29.0 Å². The number of aliphatic hydroxyl groups excluding tert-OH is 2. The number of aliphatic hydroxyl groups is 2. The number of fused-ring (bicyclic) bond motifs is 1. The van der Waals surface area contributed by atoms with Gasteiger partial charge in [0.15, 0.2) is 0 Å². The summed E-state index contributed by atoms with van der Waals surface area (Å²) in [6.07, 6.45) is -0.0806. The standard InChI is InChI=1S/C28H31N3O6S2/c1-2-21(32)23-26(34)30-24(27(35)38)25(39-28(23,30)14-17-8-10-20(11-9-17)31(36)37)19-12-13-29(15-19)16-22(33)18-6-4-3-5-7-18/h3-11,19,21-23,32-33H,2,12-16H2,1H3,(H,35,38)/t19?,21-,22-,23+,28+/m0/s1. The highest BCUT2D eigenvalue weighted by atomic mass is 32.2. The molecule has 1 unspecified atom stereocenters. The van der Waals surface area contributed by atoms with Crippen LogP contribution in [0.1, 0.15) is 37.0 Å². The molecule has 0 spiro atoms. The summed E-state index contributed by atoms with van der Waals surface area (Å²) in [7, 11) is 0. The fourth-order valence-electron chi connectivity index (χ4n) is 6.02. The van der Waals surface area contributed by atoms with Crippen LogP contribution in [0.15, 0.2) is 65.2 Å². The fourth-order valence-corrected chi connectivity index (χ4v) is 8.23. The molecule has 0 radical (unpaired) electrons. The Kier molecular flexibility index (Phi) is 7.89. The largest absolute Gasteiger partial charge is 0.392 e. The van der Waals surface area contributed by atoms with Gasteiger partial charge in [-0.2, -0.15) is 0 Å². The lowest BCUT2D eigenvalue weighted by molar-refractivity contribution is -0.384. The van der Waals surface area contributed by atoms with Crippen LogP contribution in [0.5, 0.6) is 0 Å². The number of carbonyl (C=O) groups excluding carboxylic acids is 2. The van der Waals surface area contributed by atoms with Crippen molar-refractivity contribution in [3.8, 4) is 0 Å². The van der Waals surface area contributed by atoms with Gasteiger partial charge in [-0.1, -0.05) is 73.8 Å². The van der Waals surface area contributed by atoms with E-state index in [1.165, 1.54) is 28.8 Å². The number of nitrogens with zero attached hydrogens (tertiary/aromatic N) is 3. The van der Waals surface area contributed by atoms with Gasteiger partial charge in [-0.25, -0.2) is 0 Å². The van der Waals surface area contributed by atoms with Gasteiger partial charge < -0.3 is 10.2 Å². The third-order valence-corrected chi connectivity index (χ3v) is 9.86. The van der Waals surface area contributed by atoms with Crippen molar-refractivity contribution < 1.29 is 24.7 Å². The molecule has 11 heteroatoms. The van der Waals surface area contributed by atoms with Crippen molar-refractivity contribution in [1.82, 2.24) is 9.80 Å². The van der Waals surface area contributed by atoms with Crippen molar-refractivity contribution in [2.24, 2.45) is 11.8 Å². The predicted octanol–water partition coefficient (Wildman–Crippen LogP) is 3.53. The Morgan fingerprint density at radius 1 is 1.21 bits per heavy atom. The van der Waals surface area contributed by atoms with E-state index < -0.39 is 33.0 Å². The van der Waals surface area contributed by atoms with Gasteiger partial charge in [0, 0.05) is 42.5 Å². The summed E-state index contributed by atoms with van der Waals surface area (Å²) in [5.41, 5.74) is 1.85. The number of carbonyl (C=O) groups is 2. The first-order valence-corrected chi connectivity index (χ1v) is 14.3. The van der Waals surface area contributed by atoms with Gasteiger partial charge in [-0.3, -0.25) is 29.5 Å². The molecule has 206 valence electrons. The van der Waals surface area contributed by atoms with E-state index in [0.29, 0.717) is 25.9 Å². The summed E-state index contributed by atoms with van der Waals surface area (Å²) >= 11 is 5.61. The molecule has 9 nitrogen and oxygen atoms in total. The molecule has 2 fully saturated rings. The molecule has 5 rings (SSSR count). The van der Waals surface area contributed by atoms with Crippen LogP contribution in [-0.4, -0.2) is 66.6 Å². The van der Waals surface area contributed by atoms with Crippen LogP contribution in [0.3, 0.4) is 0 Å². The zero-order valence-corrected chi connectivity index (χ0v) is 23.2. The van der Waals surface area contributed by atoms with Gasteiger partial charge in [-0.05, 0) is 30.5 Å². The number of thiol groups is 1. The molecule has 2 aromatic carbocycles. The maximum Gasteiger partial charge on any atom is 0.269 e. The topological polar surface area (TPSA) is 124 Å². The minimum absolute atomic E-state index is 0.0317. The summed E-state index contributed by atoms with van der Waals surface area (Å²) in [6, 6.07) is 15.6. The highest BCUT2D eigenvalue weighted by Crippen LogP contribution is 2.62. The van der Waals surface area contributed by atoms with Gasteiger partial charge in [0.1, 0.15) is 10.6 Å². The smallest absolute Gasteiger partial charge is 0.269 e. The van der Waals surface area contributed by atoms with Crippen LogP contribution < -0.4 is 0 Å². The van der Waals surface area contributed by atoms with Crippen LogP contribution in [0.4, 0.5) is 5.69 Å². The first-order chi connectivity index (χ1) is 18.7. The maximum absolute atomic E-state index is 13.4. The average Bonchev–Trinajstić information content (AvgIpc) is 3.50. The van der Waals surface area contributed by atoms with Crippen molar-refractivity contribution in [3.63, 3.8) is 0 Å². The summed E-state index contributed by atoms with van der Waals surface area (Å²) in [4.78, 5) is 40.5. The second kappa shape index (κ2) is 11.1. The van der Waals surface area contributed by atoms with Gasteiger partial charge in [-0.15, -0.1) is 0 Å². The Balaban J connectivity index is 1.41. The molecule has 3 heterocycles. The van der Waals surface area contributed by atoms with E-state index in [2.05, 4.69) is 17.5 Å². The number of nitro groups is 1. The van der Waals surface area contributed by atoms with Crippen molar-refractivity contribution in [1.29, 1.82) is 0 Å². The molecule has 0 bridgehead atoms. The Morgan fingerprint density at radius 2 is 1.90 bits per heavy atom. The van der Waals surface area contributed by atoms with Crippen molar-refractivity contribution in [2.45, 2.75) is 43.3 Å². The molecule has 5 atom stereocenters. The number of hydrogen-bond donors (Lipinski definition) is 3. The van der Waals surface area contributed by atoms with E-state index >= 15 is 0 Å². The Hall–Kier alpha value is -2.70. The van der Waals surface area contributed by atoms with Crippen LogP contribution in [-0.2, 0) is 16.0 Å². The second-order valence-corrected chi connectivity index (χ2v) is 12.1. The molecule has 0 saturated carbocycles. The number of likely N-dealkylation sites (tertiary alicyclic amines) is 1. The van der Waals surface area contributed by atoms with E-state index in [1.807, 2.05) is 37.3 Å². The predicted molar refractivity (Wildman–Crippen MR) is 151 cm³/mol. The molecule has 2 saturated heterocycles. The number of β-amino-alcohol motifs (C(OH)–C–C–N with tert-alkyl or cyclic N) is 1. The summed E-state index contributed by atoms with van der Waals surface area (Å²) in [6.45, 7) is 3.62. The van der Waals surface area contributed by atoms with Gasteiger partial charge >= 0.3 is 0 Å². The normalized spacial score (nSPS) is 26.4. The zero-order valence-electron chi connectivity index (χ0n) is 21.5. The number of thioether (sulfide) groups is 1. The fraction of sp³-hybridized carbons (Fsp3) is 0.429. The molecule has 3 aliphatic rings. The van der Waals surface area contributed by atoms with Crippen molar-refractivity contribution >= 4 is 41.1 Å². The van der Waals surface area contributed by atoms with Crippen LogP contribution in [0, 0.1) is 22.0 Å². The highest BCUT2D eigenvalue weighted by Gasteiger charge is 2.68. The lowest BCUT2D eigenvalue weighted by atomic mass is 9.77. The Morgan fingerprint density at radius 3 is 2.51 bits per heavy atom. The van der Waals surface area contributed by atoms with E-state index in [9.17, 15) is 29.9 Å². The maximum atomic E-state index is 13.4. The number of rotatable bonds is 10. The number of nitro benzene ring substituents is 1. The molecule has 1 amide bonds. The minimum Gasteiger partial charge on any atom is -0.392 e. The Labute approximate surface area is 236 Å². The first kappa shape index (κ1) is 27.9. The third-order valence-electron chi connectivity index (χ3n) is 7.96. The quantitative estimate of drug-likeness (QED) is 0.172. The minimum atomic E-state index is -0.914. The number of β-lactam (4-membered cyclic amide) rings is 1. The molecule has 3 aliphatic heterocycles.